The van der Waals surface area contributed by atoms with Crippen molar-refractivity contribution in [3.8, 4) is 0 Å². The van der Waals surface area contributed by atoms with Crippen LogP contribution in [0.2, 0.25) is 0 Å². The van der Waals surface area contributed by atoms with Crippen LogP contribution in [0, 0.1) is 0 Å². The molecule has 0 saturated heterocycles. The zero-order valence-corrected chi connectivity index (χ0v) is 38.7. The fraction of sp³-hybridized carbons (Fsp3) is 0.160. The quantitative estimate of drug-likeness (QED) is 0.0767. The van der Waals surface area contributed by atoms with E-state index in [4.69, 9.17) is 0 Å². The summed E-state index contributed by atoms with van der Waals surface area (Å²) in [6.45, 7) is 4.56. The molecule has 0 N–H and O–H groups in total. The van der Waals surface area contributed by atoms with Gasteiger partial charge in [-0.2, -0.15) is 72.8 Å². The van der Waals surface area contributed by atoms with Gasteiger partial charge in [-0.15, -0.1) is 32.3 Å². The van der Waals surface area contributed by atoms with E-state index in [0.717, 1.165) is 0 Å². The van der Waals surface area contributed by atoms with Gasteiger partial charge in [-0.05, 0) is 50.9 Å². The van der Waals surface area contributed by atoms with E-state index in [1.807, 2.05) is 60.7 Å². The maximum atomic E-state index is 2.31. The molecule has 4 atom stereocenters. The van der Waals surface area contributed by atoms with Crippen molar-refractivity contribution in [1.29, 1.82) is 0 Å². The zero-order valence-electron chi connectivity index (χ0n) is 33.6. The summed E-state index contributed by atoms with van der Waals surface area (Å²) in [5.41, 5.74) is 2.89. The Balaban J connectivity index is 0.000000302. The predicted octanol–water partition coefficient (Wildman–Crippen LogP) is 9.81. The SMILES string of the molecule is C[C@H]([c-]1cccc1P(c1ccccc1)[c-]1cccc1)N(C)C.C[C@H]([c-]1cccc1P(c1ccccc1)[c-]1cccc1)N(C)C.[Fe+2].[Fe+2].[Fe+2].c1cc[cH-]c1.c1cc[cH-]c1. The Morgan fingerprint density at radius 3 is 0.982 bits per heavy atom. The molecule has 0 aromatic heterocycles. The molecule has 0 amide bonds. The Morgan fingerprint density at radius 2 is 0.719 bits per heavy atom. The van der Waals surface area contributed by atoms with Crippen molar-refractivity contribution in [2.45, 2.75) is 25.9 Å². The van der Waals surface area contributed by atoms with Gasteiger partial charge in [-0.3, -0.25) is 0 Å². The van der Waals surface area contributed by atoms with E-state index in [1.54, 1.807) is 0 Å². The summed E-state index contributed by atoms with van der Waals surface area (Å²) in [5, 5.41) is 8.66. The largest absolute Gasteiger partial charge is 2.00 e. The molecule has 0 spiro atoms. The molecule has 0 radical (unpaired) electrons. The van der Waals surface area contributed by atoms with E-state index in [2.05, 4.69) is 197 Å². The number of rotatable bonds is 10. The molecule has 2 nitrogen and oxygen atoms in total. The molecule has 0 bridgehead atoms. The fourth-order valence-electron chi connectivity index (χ4n) is 6.20. The second kappa shape index (κ2) is 26.8. The maximum absolute atomic E-state index is 2.31. The Hall–Kier alpha value is -3.12. The number of benzene rings is 2. The molecule has 0 fully saturated rings. The first kappa shape index (κ1) is 50.0. The van der Waals surface area contributed by atoms with Gasteiger partial charge in [-0.25, -0.2) is 72.8 Å². The first-order valence-corrected chi connectivity index (χ1v) is 21.4. The summed E-state index contributed by atoms with van der Waals surface area (Å²) in [6, 6.07) is 73.8. The van der Waals surface area contributed by atoms with Crippen LogP contribution >= 0.6 is 15.8 Å². The molecule has 0 aliphatic rings. The van der Waals surface area contributed by atoms with Gasteiger partial charge in [0.25, 0.3) is 0 Å². The molecular formula is C50H54Fe3N2P2. The van der Waals surface area contributed by atoms with Crippen LogP contribution in [0.1, 0.15) is 37.1 Å². The zero-order chi connectivity index (χ0) is 38.1. The molecule has 8 aromatic rings. The smallest absolute Gasteiger partial charge is 0.314 e. The summed E-state index contributed by atoms with van der Waals surface area (Å²) in [6.07, 6.45) is 0. The minimum absolute atomic E-state index is 0. The van der Waals surface area contributed by atoms with Crippen molar-refractivity contribution in [1.82, 2.24) is 9.80 Å². The fourth-order valence-corrected chi connectivity index (χ4v) is 11.3. The van der Waals surface area contributed by atoms with Crippen molar-refractivity contribution >= 4 is 47.7 Å². The van der Waals surface area contributed by atoms with E-state index >= 15 is 0 Å². The van der Waals surface area contributed by atoms with Crippen LogP contribution in [-0.2, 0) is 51.2 Å². The van der Waals surface area contributed by atoms with Crippen LogP contribution in [0.25, 0.3) is 0 Å². The molecule has 298 valence electrons. The van der Waals surface area contributed by atoms with Gasteiger partial charge >= 0.3 is 51.2 Å². The van der Waals surface area contributed by atoms with Gasteiger partial charge < -0.3 is 9.80 Å². The summed E-state index contributed by atoms with van der Waals surface area (Å²) < 4.78 is 0. The van der Waals surface area contributed by atoms with Gasteiger partial charge in [-0.1, -0.05) is 90.4 Å². The normalized spacial score (nSPS) is 12.4. The van der Waals surface area contributed by atoms with Crippen LogP contribution in [0.5, 0.6) is 0 Å². The Morgan fingerprint density at radius 1 is 0.404 bits per heavy atom. The summed E-state index contributed by atoms with van der Waals surface area (Å²) >= 11 is 0. The maximum Gasteiger partial charge on any atom is 2.00 e. The molecule has 8 rings (SSSR count). The molecular weight excluding hydrogens is 858 g/mol. The summed E-state index contributed by atoms with van der Waals surface area (Å²) in [4.78, 5) is 4.56. The molecule has 2 unspecified atom stereocenters. The Kier molecular flexibility index (Phi) is 23.5. The third-order valence-electron chi connectivity index (χ3n) is 9.53. The van der Waals surface area contributed by atoms with E-state index in [9.17, 15) is 0 Å². The average Bonchev–Trinajstić information content (AvgIpc) is 4.05. The minimum Gasteiger partial charge on any atom is -0.314 e. The van der Waals surface area contributed by atoms with Crippen LogP contribution in [0.4, 0.5) is 0 Å². The molecule has 0 aliphatic carbocycles. The van der Waals surface area contributed by atoms with Gasteiger partial charge in [0.05, 0.1) is 0 Å². The van der Waals surface area contributed by atoms with Crippen molar-refractivity contribution in [2.24, 2.45) is 0 Å². The van der Waals surface area contributed by atoms with Crippen molar-refractivity contribution in [3.63, 3.8) is 0 Å². The van der Waals surface area contributed by atoms with Crippen LogP contribution < -0.4 is 31.8 Å². The van der Waals surface area contributed by atoms with Gasteiger partial charge in [0.2, 0.25) is 0 Å². The number of nitrogens with zero attached hydrogens (tertiary/aromatic N) is 2. The molecule has 57 heavy (non-hydrogen) atoms. The predicted molar refractivity (Wildman–Crippen MR) is 241 cm³/mol. The van der Waals surface area contributed by atoms with Gasteiger partial charge in [0, 0.05) is 0 Å². The van der Waals surface area contributed by atoms with Crippen molar-refractivity contribution in [2.75, 3.05) is 28.2 Å². The molecule has 0 heterocycles. The number of hydrogen-bond acceptors (Lipinski definition) is 2. The van der Waals surface area contributed by atoms with E-state index in [1.165, 1.54) is 43.0 Å². The van der Waals surface area contributed by atoms with Crippen molar-refractivity contribution < 1.29 is 51.2 Å². The third-order valence-corrected chi connectivity index (χ3v) is 14.6. The first-order valence-electron chi connectivity index (χ1n) is 18.7. The molecule has 0 saturated carbocycles. The second-order valence-corrected chi connectivity index (χ2v) is 17.9. The second-order valence-electron chi connectivity index (χ2n) is 13.6. The summed E-state index contributed by atoms with van der Waals surface area (Å²) in [5.74, 6) is 0. The number of hydrogen-bond donors (Lipinski definition) is 0. The third kappa shape index (κ3) is 14.6. The first-order chi connectivity index (χ1) is 26.4. The minimum atomic E-state index is -0.477. The molecule has 0 aliphatic heterocycles. The standard InChI is InChI=1S/2C20H22NP.2C5H5.3Fe/c2*1-16(21(2)3)19-14-9-15-20(19)22(18-12-7-8-13-18)17-10-5-4-6-11-17;2*1-2-4-5-3-1;;;/h2*4-16H,1-3H3;2*1-5H;;;/q2*-2;2*-1;3*+2/t2*16-,22?;;;;;/m11...../s1. The average molecular weight is 912 g/mol. The topological polar surface area (TPSA) is 6.48 Å². The Labute approximate surface area is 377 Å². The van der Waals surface area contributed by atoms with Crippen LogP contribution in [0.15, 0.2) is 206 Å². The van der Waals surface area contributed by atoms with Gasteiger partial charge in [0.15, 0.2) is 0 Å². The van der Waals surface area contributed by atoms with Crippen LogP contribution in [-0.4, -0.2) is 38.0 Å². The molecule has 8 aromatic carbocycles. The van der Waals surface area contributed by atoms with E-state index in [-0.39, 0.29) is 51.2 Å². The van der Waals surface area contributed by atoms with E-state index in [0.29, 0.717) is 12.1 Å². The van der Waals surface area contributed by atoms with Crippen LogP contribution in [0.3, 0.4) is 0 Å². The summed E-state index contributed by atoms with van der Waals surface area (Å²) in [7, 11) is 7.64. The van der Waals surface area contributed by atoms with Crippen molar-refractivity contribution in [3.05, 3.63) is 217 Å². The monoisotopic (exact) mass is 912 g/mol. The Bertz CT molecular complexity index is 1870. The van der Waals surface area contributed by atoms with Gasteiger partial charge in [0.1, 0.15) is 0 Å². The molecule has 7 heteroatoms. The van der Waals surface area contributed by atoms with E-state index < -0.39 is 15.8 Å².